The molecule has 9 aliphatic rings. The summed E-state index contributed by atoms with van der Waals surface area (Å²) in [4.78, 5) is 83.5. The van der Waals surface area contributed by atoms with Crippen molar-refractivity contribution in [2.75, 3.05) is 94.0 Å². The Kier molecular flexibility index (Phi) is 41.2. The van der Waals surface area contributed by atoms with E-state index in [2.05, 4.69) is 77.6 Å². The van der Waals surface area contributed by atoms with Crippen LogP contribution in [0.5, 0.6) is 63.2 Å². The molecule has 9 aliphatic heterocycles. The van der Waals surface area contributed by atoms with Gasteiger partial charge in [-0.05, 0) is 187 Å². The Bertz CT molecular complexity index is 6180. The van der Waals surface area contributed by atoms with Crippen molar-refractivity contribution in [2.45, 2.75) is 215 Å². The number of nitrogens with zero attached hydrogens (tertiary/aromatic N) is 4. The van der Waals surface area contributed by atoms with Gasteiger partial charge in [-0.15, -0.1) is 0 Å². The van der Waals surface area contributed by atoms with Crippen LogP contribution in [0.2, 0.25) is 0 Å². The third-order valence-electron chi connectivity index (χ3n) is 24.1. The number of rotatable bonds is 21. The molecule has 0 bridgehead atoms. The molecule has 3 amide bonds. The van der Waals surface area contributed by atoms with E-state index < -0.39 is 93.8 Å². The molecule has 0 saturated heterocycles. The van der Waals surface area contributed by atoms with Gasteiger partial charge in [-0.3, -0.25) is 33.6 Å². The molecule has 6 N–H and O–H groups in total. The number of hydrogen-bond acceptors (Lipinski definition) is 28. The minimum Gasteiger partial charge on any atom is -0.511 e. The van der Waals surface area contributed by atoms with Crippen LogP contribution in [0.25, 0.3) is 0 Å². The molecule has 0 unspecified atom stereocenters. The number of carbonyl (C=O) groups is 7. The number of fused-ring (bicyclic) bond motifs is 9. The minimum atomic E-state index is -1.35. The van der Waals surface area contributed by atoms with Crippen LogP contribution in [0.3, 0.4) is 0 Å². The van der Waals surface area contributed by atoms with Crippen molar-refractivity contribution in [2.24, 2.45) is 4.40 Å². The van der Waals surface area contributed by atoms with E-state index >= 15 is 0 Å². The number of methoxy groups -OCH3 is 3. The maximum absolute atomic E-state index is 12.8. The van der Waals surface area contributed by atoms with E-state index in [0.717, 1.165) is 58.4 Å². The molecule has 34 nitrogen and oxygen atoms in total. The zero-order valence-corrected chi connectivity index (χ0v) is 92.3. The van der Waals surface area contributed by atoms with Gasteiger partial charge >= 0.3 is 17.9 Å². The molecule has 146 heavy (non-hydrogen) atoms. The van der Waals surface area contributed by atoms with Crippen molar-refractivity contribution in [1.82, 2.24) is 25.4 Å². The highest BCUT2D eigenvalue weighted by molar-refractivity contribution is 9.11. The SMILES string of the molecule is CC(C)(C)[S@@](=O)N=C1CCOc2cc(Br)ccc21.CCOc1ccc2c(c1)OCC[C@@]2(CC(=O)OC)NC(=O)CC#N.CCOc1ccc2c(c1)OCC[C@@]2(CC(=O)OC)N[S@](=O)C(C)(C)C.CCOc1ccc2c(c1)OCC[C@]21CC(Cl)=C(C#N)C(=O)N1.CCOc1ccc2c(c1)OCC[C@]21CC(O)=C(C#N)C(=O)N1.COC(=O)C[C@@]1(N[S@](=O)C(C)(C)C)CCOc2cc(Br)ccc21.O=C1CCOc2cc(Br)ccc21. The number of aliphatic hydroxyl groups is 1. The molecule has 0 saturated carbocycles. The van der Waals surface area contributed by atoms with E-state index in [1.807, 2.05) is 199 Å². The van der Waals surface area contributed by atoms with Gasteiger partial charge in [0.05, 0.1) is 195 Å². The van der Waals surface area contributed by atoms with Crippen LogP contribution >= 0.6 is 59.4 Å². The first-order valence-corrected chi connectivity index (χ1v) is 53.4. The van der Waals surface area contributed by atoms with Gasteiger partial charge in [-0.1, -0.05) is 65.5 Å². The van der Waals surface area contributed by atoms with Crippen LogP contribution in [0.15, 0.2) is 167 Å². The van der Waals surface area contributed by atoms with E-state index in [0.29, 0.717) is 192 Å². The highest BCUT2D eigenvalue weighted by Crippen LogP contribution is 2.50. The third kappa shape index (κ3) is 29.7. The van der Waals surface area contributed by atoms with Gasteiger partial charge in [-0.2, -0.15) is 20.2 Å². The fourth-order valence-electron chi connectivity index (χ4n) is 16.8. The van der Waals surface area contributed by atoms with Crippen molar-refractivity contribution in [3.05, 3.63) is 202 Å². The summed E-state index contributed by atoms with van der Waals surface area (Å²) < 4.78 is 126. The van der Waals surface area contributed by atoms with Gasteiger partial charge in [0.2, 0.25) is 5.91 Å². The van der Waals surface area contributed by atoms with E-state index in [1.165, 1.54) is 21.3 Å². The molecule has 0 radical (unpaired) electrons. The first kappa shape index (κ1) is 116. The van der Waals surface area contributed by atoms with Crippen molar-refractivity contribution >= 4 is 139 Å². The number of nitriles is 3. The first-order valence-electron chi connectivity index (χ1n) is 47.2. The Balaban J connectivity index is 0.000000176. The molecule has 2 spiro atoms. The lowest BCUT2D eigenvalue weighted by Crippen LogP contribution is -2.52. The molecular weight excluding hydrogens is 2160 g/mol. The van der Waals surface area contributed by atoms with Crippen LogP contribution in [0, 0.1) is 34.0 Å². The molecular formula is C105H123Br3ClN9O25S3. The summed E-state index contributed by atoms with van der Waals surface area (Å²) >= 11 is 16.3. The third-order valence-corrected chi connectivity index (χ3v) is 30.7. The highest BCUT2D eigenvalue weighted by Gasteiger charge is 2.50. The summed E-state index contributed by atoms with van der Waals surface area (Å²) in [5, 5.41) is 45.7. The second-order valence-electron chi connectivity index (χ2n) is 37.4. The topological polar surface area (TPSA) is 464 Å². The number of Topliss-reactive ketones (excluding diaryl/α,β-unsaturated/α-hetero) is 1. The average molecular weight is 2280 g/mol. The lowest BCUT2D eigenvalue weighted by Gasteiger charge is -2.41. The molecule has 8 atom stereocenters. The van der Waals surface area contributed by atoms with Crippen LogP contribution < -0.4 is 77.5 Å². The monoisotopic (exact) mass is 2280 g/mol. The largest absolute Gasteiger partial charge is 0.511 e. The summed E-state index contributed by atoms with van der Waals surface area (Å²) in [7, 11) is 0.103. The summed E-state index contributed by atoms with van der Waals surface area (Å²) in [6.45, 7) is 30.1. The fraction of sp³-hybridized carbons (Fsp3) is 0.457. The lowest BCUT2D eigenvalue weighted by atomic mass is 9.78. The smallest absolute Gasteiger partial charge is 0.308 e. The normalized spacial score (nSPS) is 20.8. The number of nitrogens with one attached hydrogen (secondary N) is 5. The van der Waals surface area contributed by atoms with Crippen LogP contribution in [-0.2, 0) is 104 Å². The second-order valence-corrected chi connectivity index (χ2v) is 46.4. The summed E-state index contributed by atoms with van der Waals surface area (Å²) in [5.41, 5.74) is 2.37. The number of amides is 3. The number of ketones is 1. The molecule has 41 heteroatoms. The predicted octanol–water partition coefficient (Wildman–Crippen LogP) is 17.8. The predicted molar refractivity (Wildman–Crippen MR) is 560 cm³/mol. The minimum absolute atomic E-state index is 0.00808. The van der Waals surface area contributed by atoms with Gasteiger partial charge in [0, 0.05) is 134 Å². The number of benzene rings is 7. The van der Waals surface area contributed by atoms with Crippen LogP contribution in [0.1, 0.15) is 217 Å². The van der Waals surface area contributed by atoms with Gasteiger partial charge in [0.25, 0.3) is 11.8 Å². The molecule has 784 valence electrons. The fourth-order valence-corrected chi connectivity index (χ4v) is 20.7. The second kappa shape index (κ2) is 51.8. The Morgan fingerprint density at radius 1 is 0.452 bits per heavy atom. The Labute approximate surface area is 888 Å². The van der Waals surface area contributed by atoms with Gasteiger partial charge < -0.3 is 87.4 Å². The van der Waals surface area contributed by atoms with Crippen molar-refractivity contribution < 1.29 is 118 Å². The van der Waals surface area contributed by atoms with Crippen molar-refractivity contribution in [3.8, 4) is 81.5 Å². The summed E-state index contributed by atoms with van der Waals surface area (Å²) in [5.74, 6) is 4.87. The van der Waals surface area contributed by atoms with E-state index in [9.17, 15) is 51.3 Å². The van der Waals surface area contributed by atoms with Crippen LogP contribution in [0.4, 0.5) is 0 Å². The maximum atomic E-state index is 12.8. The average Bonchev–Trinajstić information content (AvgIpc) is 0.750. The number of halogens is 4. The number of esters is 3. The van der Waals surface area contributed by atoms with Crippen molar-refractivity contribution in [3.63, 3.8) is 0 Å². The molecule has 7 aromatic rings. The highest BCUT2D eigenvalue weighted by atomic mass is 79.9. The van der Waals surface area contributed by atoms with E-state index in [1.54, 1.807) is 36.4 Å². The first-order chi connectivity index (χ1) is 69.3. The molecule has 0 aromatic heterocycles. The maximum Gasteiger partial charge on any atom is 0.308 e. The molecule has 0 aliphatic carbocycles. The molecule has 0 fully saturated rings. The van der Waals surface area contributed by atoms with Gasteiger partial charge in [0.15, 0.2) is 11.4 Å². The van der Waals surface area contributed by atoms with Crippen LogP contribution in [-0.4, -0.2) is 173 Å². The zero-order valence-electron chi connectivity index (χ0n) is 84.4. The Morgan fingerprint density at radius 2 is 0.795 bits per heavy atom. The van der Waals surface area contributed by atoms with Gasteiger partial charge in [-0.25, -0.2) is 22.1 Å². The lowest BCUT2D eigenvalue weighted by molar-refractivity contribution is -0.144. The van der Waals surface area contributed by atoms with Crippen molar-refractivity contribution in [1.29, 1.82) is 15.8 Å². The number of hydrogen-bond donors (Lipinski definition) is 6. The summed E-state index contributed by atoms with van der Waals surface area (Å²) in [6.07, 6.45) is 4.24. The zero-order chi connectivity index (χ0) is 107. The number of carbonyl (C=O) groups excluding carboxylic acids is 7. The van der Waals surface area contributed by atoms with Gasteiger partial charge in [0.1, 0.15) is 104 Å². The van der Waals surface area contributed by atoms with E-state index in [4.69, 9.17) is 93.7 Å². The Morgan fingerprint density at radius 3 is 1.19 bits per heavy atom. The van der Waals surface area contributed by atoms with E-state index in [-0.39, 0.29) is 71.5 Å². The number of aliphatic hydroxyl groups excluding tert-OH is 1. The summed E-state index contributed by atoms with van der Waals surface area (Å²) in [6, 6.07) is 44.1. The Hall–Kier alpha value is -11.7. The molecule has 7 aromatic carbocycles. The number of ether oxygens (including phenoxy) is 14. The molecule has 16 rings (SSSR count). The molecule has 9 heterocycles. The quantitative estimate of drug-likeness (QED) is 0.0287. The standard InChI is InChI=1S/C18H27NO5S.C17H20N2O5.C16H22BrNO4S.C16H15ClN2O3.C16H16N2O4.C13H16BrNO2S.C9H7BrO2/c1-6-23-13-7-8-14-15(11-13)24-10-9-18(14,12-16(20)22-5)19-25(21)17(2,3)4;1-3-23-12-4-5-13-14(10-12)24-9-7-17(13,11-16(21)22-2)19-15(20)6-8-18;1-15(2,3)23(20)18-16(10-14(19)21-4)7-8-22-13-9-11(17)5-6-12(13)16;1-2-21-10-3-4-12-14(7-10)22-6-5-16(12)8-13(17)11(9-18)15(20)19-16;1-2-21-10-3-4-12-14(7-10)22-6-5-16(12)8-13(19)11(9-17)15(20)18-16;1-13(2,3)18(16)15-11-6-7-17-12-8-9(14)4-5-10(11)12;10-6-1-2-7-8(11)3-4-12-9(7)5-6/h7-8,11,19H,6,9-10,12H2,1-5H3;4-5,10H,3,6-7,9,11H2,1-2H3,(H,19,20);5-6,9,18H,7-8,10H2,1-4H3;3-4,7H,2,5-6,8H2,1H3,(H,19,20);3-4,7,19H,2,5-6,8H2,1H3,(H,18,20);4-5,8H,6-7H2,1-3H3;1-2,5H,3-4H2/t18-,25+;17-;16-,23+;2*16-;18-;/m000001./s1.